The largest absolute Gasteiger partial charge is 0.354 e. The predicted molar refractivity (Wildman–Crippen MR) is 124 cm³/mol. The number of aryl methyl sites for hydroxylation is 1. The molecule has 1 aromatic heterocycles. The van der Waals surface area contributed by atoms with E-state index in [1.807, 2.05) is 17.9 Å². The number of benzene rings is 1. The van der Waals surface area contributed by atoms with Gasteiger partial charge in [-0.3, -0.25) is 4.79 Å². The summed E-state index contributed by atoms with van der Waals surface area (Å²) in [6.45, 7) is 8.96. The van der Waals surface area contributed by atoms with Crippen molar-refractivity contribution in [1.29, 1.82) is 0 Å². The highest BCUT2D eigenvalue weighted by Gasteiger charge is 2.30. The van der Waals surface area contributed by atoms with Crippen molar-refractivity contribution in [3.05, 3.63) is 41.6 Å². The second-order valence-corrected chi connectivity index (χ2v) is 10.4. The van der Waals surface area contributed by atoms with Gasteiger partial charge in [-0.25, -0.2) is 13.4 Å². The number of ketones is 1. The third-order valence-electron chi connectivity index (χ3n) is 6.06. The Kier molecular flexibility index (Phi) is 6.45. The number of likely N-dealkylation sites (N-methyl/N-ethyl adjacent to an activating group) is 1. The van der Waals surface area contributed by atoms with Crippen LogP contribution in [0.4, 0.5) is 11.8 Å². The molecule has 32 heavy (non-hydrogen) atoms. The van der Waals surface area contributed by atoms with Gasteiger partial charge in [0.1, 0.15) is 5.82 Å². The van der Waals surface area contributed by atoms with Crippen molar-refractivity contribution < 1.29 is 13.2 Å². The summed E-state index contributed by atoms with van der Waals surface area (Å²) in [5.74, 6) is 1.42. The minimum Gasteiger partial charge on any atom is -0.354 e. The Hall–Kier alpha value is -2.56. The molecule has 0 unspecified atom stereocenters. The van der Waals surface area contributed by atoms with Gasteiger partial charge < -0.3 is 14.7 Å². The Labute approximate surface area is 189 Å². The third-order valence-corrected chi connectivity index (χ3v) is 7.95. The van der Waals surface area contributed by atoms with Crippen molar-refractivity contribution >= 4 is 27.6 Å². The van der Waals surface area contributed by atoms with Crippen molar-refractivity contribution in [2.45, 2.75) is 18.7 Å². The summed E-state index contributed by atoms with van der Waals surface area (Å²) in [5, 5.41) is 0. The Bertz CT molecular complexity index is 1090. The van der Waals surface area contributed by atoms with Crippen molar-refractivity contribution in [2.24, 2.45) is 0 Å². The number of nitrogens with zero attached hydrogens (tertiary/aromatic N) is 6. The van der Waals surface area contributed by atoms with Crippen LogP contribution >= 0.6 is 0 Å². The van der Waals surface area contributed by atoms with E-state index in [0.29, 0.717) is 37.7 Å². The molecule has 0 radical (unpaired) electrons. The maximum absolute atomic E-state index is 13.1. The highest BCUT2D eigenvalue weighted by atomic mass is 32.2. The van der Waals surface area contributed by atoms with Crippen LogP contribution in [0, 0.1) is 6.92 Å². The van der Waals surface area contributed by atoms with Crippen LogP contribution in [0.15, 0.2) is 35.2 Å². The standard InChI is InChI=1S/C22H30N6O3S/c1-17-15-21(26-9-7-25(3)8-10-26)24-22(23-17)27-11-13-28(14-12-27)32(30,31)20-6-4-5-19(16-20)18(2)29/h4-6,15-16H,7-14H2,1-3H3. The lowest BCUT2D eigenvalue weighted by Crippen LogP contribution is -2.49. The average Bonchev–Trinajstić information content (AvgIpc) is 2.79. The first-order valence-corrected chi connectivity index (χ1v) is 12.3. The van der Waals surface area contributed by atoms with Gasteiger partial charge in [-0.2, -0.15) is 9.29 Å². The van der Waals surface area contributed by atoms with Crippen LogP contribution in [-0.2, 0) is 10.0 Å². The monoisotopic (exact) mass is 458 g/mol. The van der Waals surface area contributed by atoms with Crippen molar-refractivity contribution in [2.75, 3.05) is 69.2 Å². The zero-order valence-corrected chi connectivity index (χ0v) is 19.7. The van der Waals surface area contributed by atoms with E-state index in [2.05, 4.69) is 21.8 Å². The fraction of sp³-hybridized carbons (Fsp3) is 0.500. The molecular weight excluding hydrogens is 428 g/mol. The second kappa shape index (κ2) is 9.13. The summed E-state index contributed by atoms with van der Waals surface area (Å²) in [7, 11) is -1.54. The maximum atomic E-state index is 13.1. The van der Waals surface area contributed by atoms with Crippen LogP contribution in [0.2, 0.25) is 0 Å². The smallest absolute Gasteiger partial charge is 0.243 e. The molecule has 3 heterocycles. The van der Waals surface area contributed by atoms with E-state index >= 15 is 0 Å². The number of hydrogen-bond acceptors (Lipinski definition) is 8. The lowest BCUT2D eigenvalue weighted by molar-refractivity contribution is 0.101. The summed E-state index contributed by atoms with van der Waals surface area (Å²) < 4.78 is 27.7. The predicted octanol–water partition coefficient (Wildman–Crippen LogP) is 1.25. The first-order valence-electron chi connectivity index (χ1n) is 10.9. The van der Waals surface area contributed by atoms with Gasteiger partial charge >= 0.3 is 0 Å². The summed E-state index contributed by atoms with van der Waals surface area (Å²) in [5.41, 5.74) is 1.30. The number of piperazine rings is 2. The van der Waals surface area contributed by atoms with Crippen molar-refractivity contribution in [3.63, 3.8) is 0 Å². The summed E-state index contributed by atoms with van der Waals surface area (Å²) in [6, 6.07) is 8.25. The average molecular weight is 459 g/mol. The van der Waals surface area contributed by atoms with E-state index in [-0.39, 0.29) is 10.7 Å². The minimum absolute atomic E-state index is 0.153. The molecule has 0 amide bonds. The lowest BCUT2D eigenvalue weighted by atomic mass is 10.2. The summed E-state index contributed by atoms with van der Waals surface area (Å²) in [4.78, 5) is 27.8. The van der Waals surface area contributed by atoms with E-state index in [4.69, 9.17) is 4.98 Å². The molecule has 9 nitrogen and oxygen atoms in total. The number of carbonyl (C=O) groups is 1. The molecule has 10 heteroatoms. The van der Waals surface area contributed by atoms with Gasteiger partial charge in [-0.15, -0.1) is 0 Å². The lowest BCUT2D eigenvalue weighted by Gasteiger charge is -2.36. The number of carbonyl (C=O) groups excluding carboxylic acids is 1. The molecule has 0 bridgehead atoms. The number of Topliss-reactive ketones (excluding diaryl/α,β-unsaturated/α-hetero) is 1. The molecule has 0 spiro atoms. The zero-order chi connectivity index (χ0) is 22.9. The van der Waals surface area contributed by atoms with Crippen LogP contribution in [0.25, 0.3) is 0 Å². The van der Waals surface area contributed by atoms with Gasteiger partial charge in [0.25, 0.3) is 0 Å². The van der Waals surface area contributed by atoms with Crippen LogP contribution < -0.4 is 9.80 Å². The molecule has 2 aliphatic heterocycles. The van der Waals surface area contributed by atoms with Crippen LogP contribution in [-0.4, -0.2) is 92.8 Å². The fourth-order valence-electron chi connectivity index (χ4n) is 4.03. The fourth-order valence-corrected chi connectivity index (χ4v) is 5.50. The van der Waals surface area contributed by atoms with Crippen molar-refractivity contribution in [1.82, 2.24) is 19.2 Å². The van der Waals surface area contributed by atoms with Crippen LogP contribution in [0.1, 0.15) is 23.0 Å². The van der Waals surface area contributed by atoms with Gasteiger partial charge in [0, 0.05) is 69.7 Å². The highest BCUT2D eigenvalue weighted by molar-refractivity contribution is 7.89. The topological polar surface area (TPSA) is 90.0 Å². The normalized spacial score (nSPS) is 18.7. The van der Waals surface area contributed by atoms with E-state index in [0.717, 1.165) is 37.7 Å². The molecule has 2 saturated heterocycles. The first-order chi connectivity index (χ1) is 15.2. The van der Waals surface area contributed by atoms with Crippen LogP contribution in [0.5, 0.6) is 0 Å². The van der Waals surface area contributed by atoms with Gasteiger partial charge in [0.05, 0.1) is 4.90 Å². The van der Waals surface area contributed by atoms with Crippen molar-refractivity contribution in [3.8, 4) is 0 Å². The number of rotatable bonds is 5. The van der Waals surface area contributed by atoms with Gasteiger partial charge in [-0.05, 0) is 33.0 Å². The Balaban J connectivity index is 1.47. The third kappa shape index (κ3) is 4.77. The van der Waals surface area contributed by atoms with Crippen LogP contribution in [0.3, 0.4) is 0 Å². The molecule has 0 saturated carbocycles. The molecule has 2 fully saturated rings. The van der Waals surface area contributed by atoms with E-state index in [1.54, 1.807) is 18.2 Å². The van der Waals surface area contributed by atoms with E-state index < -0.39 is 10.0 Å². The first kappa shape index (κ1) is 22.6. The Morgan fingerprint density at radius 2 is 1.56 bits per heavy atom. The number of sulfonamides is 1. The molecule has 0 aliphatic carbocycles. The Morgan fingerprint density at radius 3 is 2.22 bits per heavy atom. The molecular formula is C22H30N6O3S. The quantitative estimate of drug-likeness (QED) is 0.619. The number of anilines is 2. The molecule has 2 aliphatic rings. The summed E-state index contributed by atoms with van der Waals surface area (Å²) >= 11 is 0. The van der Waals surface area contributed by atoms with Gasteiger partial charge in [0.15, 0.2) is 5.78 Å². The zero-order valence-electron chi connectivity index (χ0n) is 18.9. The molecule has 2 aromatic rings. The highest BCUT2D eigenvalue weighted by Crippen LogP contribution is 2.23. The number of hydrogen-bond donors (Lipinski definition) is 0. The molecule has 1 aromatic carbocycles. The summed E-state index contributed by atoms with van der Waals surface area (Å²) in [6.07, 6.45) is 0. The molecule has 0 atom stereocenters. The maximum Gasteiger partial charge on any atom is 0.243 e. The SMILES string of the molecule is CC(=O)c1cccc(S(=O)(=O)N2CCN(c3nc(C)cc(N4CCN(C)CC4)n3)CC2)c1. The van der Waals surface area contributed by atoms with E-state index in [9.17, 15) is 13.2 Å². The Morgan fingerprint density at radius 1 is 0.906 bits per heavy atom. The number of aromatic nitrogens is 2. The van der Waals surface area contributed by atoms with E-state index in [1.165, 1.54) is 17.3 Å². The molecule has 4 rings (SSSR count). The minimum atomic E-state index is -3.66. The molecule has 0 N–H and O–H groups in total. The second-order valence-electron chi connectivity index (χ2n) is 8.43. The van der Waals surface area contributed by atoms with Gasteiger partial charge in [-0.1, -0.05) is 12.1 Å². The molecule has 172 valence electrons. The van der Waals surface area contributed by atoms with Gasteiger partial charge in [0.2, 0.25) is 16.0 Å².